The van der Waals surface area contributed by atoms with Crippen LogP contribution < -0.4 is 16.0 Å². The van der Waals surface area contributed by atoms with E-state index in [9.17, 15) is 14.7 Å². The number of hydrogen-bond donors (Lipinski definition) is 4. The van der Waals surface area contributed by atoms with Gasteiger partial charge in [0.25, 0.3) is 0 Å². The van der Waals surface area contributed by atoms with E-state index in [1.807, 2.05) is 12.2 Å². The fourth-order valence-electron chi connectivity index (χ4n) is 4.44. The predicted octanol–water partition coefficient (Wildman–Crippen LogP) is 2.79. The molecule has 4 rings (SSSR count). The van der Waals surface area contributed by atoms with Gasteiger partial charge in [-0.1, -0.05) is 35.9 Å². The second-order valence-electron chi connectivity index (χ2n) is 8.23. The molecule has 2 unspecified atom stereocenters. The van der Waals surface area contributed by atoms with Gasteiger partial charge in [-0.3, -0.25) is 9.78 Å². The first-order valence-corrected chi connectivity index (χ1v) is 11.3. The van der Waals surface area contributed by atoms with Crippen molar-refractivity contribution in [2.75, 3.05) is 25.0 Å². The first-order chi connectivity index (χ1) is 16.0. The molecule has 172 valence electrons. The molecule has 4 N–H and O–H groups in total. The minimum absolute atomic E-state index is 0.0228. The van der Waals surface area contributed by atoms with Crippen molar-refractivity contribution in [3.05, 3.63) is 77.2 Å². The Morgan fingerprint density at radius 2 is 2.00 bits per heavy atom. The average Bonchev–Trinajstić information content (AvgIpc) is 2.85. The standard InChI is InChI=1S/C24H26ClN5O3/c25-17-4-5-21(29-14-17)30-23(33)24(19-8-12-27-15-18(19)22(31)32)9-2-1-3-20(24)28-13-16-6-10-26-11-7-16/h1-5,8-9,12,14-16,20,26,28H,6-7,10-11,13H2,(H,31,32)(H,29,30,33). The Hall–Kier alpha value is -3.07. The van der Waals surface area contributed by atoms with Gasteiger partial charge in [0.05, 0.1) is 10.6 Å². The molecule has 1 aliphatic heterocycles. The van der Waals surface area contributed by atoms with E-state index in [-0.39, 0.29) is 5.56 Å². The fraction of sp³-hybridized carbons (Fsp3) is 0.333. The highest BCUT2D eigenvalue weighted by molar-refractivity contribution is 6.30. The molecule has 2 aliphatic rings. The molecule has 0 aromatic carbocycles. The number of rotatable bonds is 7. The summed E-state index contributed by atoms with van der Waals surface area (Å²) in [5.74, 6) is -0.736. The van der Waals surface area contributed by atoms with Crippen LogP contribution in [0.4, 0.5) is 5.82 Å². The Bertz CT molecular complexity index is 1070. The largest absolute Gasteiger partial charge is 0.478 e. The van der Waals surface area contributed by atoms with Gasteiger partial charge in [0.15, 0.2) is 0 Å². The highest BCUT2D eigenvalue weighted by Crippen LogP contribution is 2.37. The van der Waals surface area contributed by atoms with E-state index in [1.54, 1.807) is 30.4 Å². The van der Waals surface area contributed by atoms with E-state index in [0.717, 1.165) is 25.9 Å². The van der Waals surface area contributed by atoms with Gasteiger partial charge in [-0.15, -0.1) is 0 Å². The SMILES string of the molecule is O=C(O)c1cnccc1C1(C(=O)Nc2ccc(Cl)cn2)C=CC=CC1NCC1CCNCC1. The third-order valence-electron chi connectivity index (χ3n) is 6.19. The van der Waals surface area contributed by atoms with Gasteiger partial charge >= 0.3 is 5.97 Å². The number of hydrogen-bond acceptors (Lipinski definition) is 6. The highest BCUT2D eigenvalue weighted by atomic mass is 35.5. The van der Waals surface area contributed by atoms with E-state index >= 15 is 0 Å². The number of carbonyl (C=O) groups excluding carboxylic acids is 1. The number of aromatic nitrogens is 2. The van der Waals surface area contributed by atoms with Crippen LogP contribution in [0.1, 0.15) is 28.8 Å². The van der Waals surface area contributed by atoms with Crippen molar-refractivity contribution in [2.45, 2.75) is 24.3 Å². The van der Waals surface area contributed by atoms with Crippen LogP contribution >= 0.6 is 11.6 Å². The number of carboxylic acid groups (broad SMARTS) is 1. The number of amides is 1. The third-order valence-corrected chi connectivity index (χ3v) is 6.41. The smallest absolute Gasteiger partial charge is 0.337 e. The summed E-state index contributed by atoms with van der Waals surface area (Å²) < 4.78 is 0. The zero-order valence-corrected chi connectivity index (χ0v) is 18.8. The second-order valence-corrected chi connectivity index (χ2v) is 8.67. The van der Waals surface area contributed by atoms with Gasteiger partial charge in [-0.25, -0.2) is 9.78 Å². The molecular weight excluding hydrogens is 442 g/mol. The lowest BCUT2D eigenvalue weighted by molar-refractivity contribution is -0.120. The van der Waals surface area contributed by atoms with Crippen LogP contribution in [-0.2, 0) is 10.2 Å². The number of nitrogens with one attached hydrogen (secondary N) is 3. The Labute approximate surface area is 197 Å². The number of allylic oxidation sites excluding steroid dienone is 2. The van der Waals surface area contributed by atoms with Crippen LogP contribution in [0.2, 0.25) is 5.02 Å². The first-order valence-electron chi connectivity index (χ1n) is 10.9. The van der Waals surface area contributed by atoms with E-state index in [2.05, 4.69) is 25.9 Å². The van der Waals surface area contributed by atoms with Crippen LogP contribution in [0.15, 0.2) is 61.1 Å². The molecular formula is C24H26ClN5O3. The number of aromatic carboxylic acids is 1. The summed E-state index contributed by atoms with van der Waals surface area (Å²) in [4.78, 5) is 34.1. The minimum atomic E-state index is -1.32. The van der Waals surface area contributed by atoms with Gasteiger partial charge < -0.3 is 21.1 Å². The van der Waals surface area contributed by atoms with Crippen LogP contribution in [-0.4, -0.2) is 52.6 Å². The summed E-state index contributed by atoms with van der Waals surface area (Å²) in [6.45, 7) is 2.65. The van der Waals surface area contributed by atoms with Crippen molar-refractivity contribution >= 4 is 29.3 Å². The van der Waals surface area contributed by atoms with Crippen LogP contribution in [0.3, 0.4) is 0 Å². The van der Waals surface area contributed by atoms with Gasteiger partial charge in [-0.2, -0.15) is 0 Å². The summed E-state index contributed by atoms with van der Waals surface area (Å²) >= 11 is 5.93. The predicted molar refractivity (Wildman–Crippen MR) is 126 cm³/mol. The number of piperidine rings is 1. The topological polar surface area (TPSA) is 116 Å². The Kier molecular flexibility index (Phi) is 7.17. The lowest BCUT2D eigenvalue weighted by Gasteiger charge is -2.39. The molecule has 1 amide bonds. The molecule has 8 nitrogen and oxygen atoms in total. The number of halogens is 1. The lowest BCUT2D eigenvalue weighted by atomic mass is 9.69. The molecule has 1 aliphatic carbocycles. The van der Waals surface area contributed by atoms with Crippen LogP contribution in [0.25, 0.3) is 0 Å². The van der Waals surface area contributed by atoms with Gasteiger partial charge in [0.1, 0.15) is 11.2 Å². The fourth-order valence-corrected chi connectivity index (χ4v) is 4.55. The molecule has 1 fully saturated rings. The first kappa shape index (κ1) is 23.1. The lowest BCUT2D eigenvalue weighted by Crippen LogP contribution is -2.56. The monoisotopic (exact) mass is 467 g/mol. The van der Waals surface area contributed by atoms with Gasteiger partial charge in [0, 0.05) is 24.6 Å². The second kappa shape index (κ2) is 10.2. The minimum Gasteiger partial charge on any atom is -0.478 e. The highest BCUT2D eigenvalue weighted by Gasteiger charge is 2.47. The molecule has 0 spiro atoms. The maximum absolute atomic E-state index is 13.9. The Balaban J connectivity index is 1.73. The quantitative estimate of drug-likeness (QED) is 0.494. The molecule has 2 atom stereocenters. The van der Waals surface area contributed by atoms with E-state index in [1.165, 1.54) is 18.6 Å². The number of pyridine rings is 2. The molecule has 2 aromatic heterocycles. The molecule has 3 heterocycles. The van der Waals surface area contributed by atoms with Crippen molar-refractivity contribution in [2.24, 2.45) is 5.92 Å². The van der Waals surface area contributed by atoms with Crippen molar-refractivity contribution in [1.29, 1.82) is 0 Å². The Morgan fingerprint density at radius 1 is 1.18 bits per heavy atom. The number of carbonyl (C=O) groups is 2. The number of nitrogens with zero attached hydrogens (tertiary/aromatic N) is 2. The average molecular weight is 468 g/mol. The molecule has 1 saturated heterocycles. The normalized spacial score (nSPS) is 22.8. The zero-order valence-electron chi connectivity index (χ0n) is 18.0. The zero-order chi connectivity index (χ0) is 23.3. The van der Waals surface area contributed by atoms with Crippen LogP contribution in [0, 0.1) is 5.92 Å². The summed E-state index contributed by atoms with van der Waals surface area (Å²) in [5, 5.41) is 20.1. The summed E-state index contributed by atoms with van der Waals surface area (Å²) in [5.41, 5.74) is -0.982. The third kappa shape index (κ3) is 4.98. The number of anilines is 1. The Morgan fingerprint density at radius 3 is 2.73 bits per heavy atom. The van der Waals surface area contributed by atoms with Crippen molar-refractivity contribution < 1.29 is 14.7 Å². The molecule has 0 radical (unpaired) electrons. The van der Waals surface area contributed by atoms with E-state index in [0.29, 0.717) is 28.9 Å². The molecule has 2 aromatic rings. The molecule has 0 saturated carbocycles. The summed E-state index contributed by atoms with van der Waals surface area (Å²) in [6.07, 6.45) is 13.6. The van der Waals surface area contributed by atoms with Crippen molar-refractivity contribution in [1.82, 2.24) is 20.6 Å². The van der Waals surface area contributed by atoms with Crippen LogP contribution in [0.5, 0.6) is 0 Å². The maximum Gasteiger partial charge on any atom is 0.337 e. The molecule has 9 heteroatoms. The van der Waals surface area contributed by atoms with Gasteiger partial charge in [0.2, 0.25) is 5.91 Å². The van der Waals surface area contributed by atoms with Gasteiger partial charge in [-0.05, 0) is 62.2 Å². The van der Waals surface area contributed by atoms with Crippen molar-refractivity contribution in [3.63, 3.8) is 0 Å². The van der Waals surface area contributed by atoms with Crippen molar-refractivity contribution in [3.8, 4) is 0 Å². The molecule has 33 heavy (non-hydrogen) atoms. The molecule has 0 bridgehead atoms. The summed E-state index contributed by atoms with van der Waals surface area (Å²) in [6, 6.07) is 4.37. The van der Waals surface area contributed by atoms with E-state index in [4.69, 9.17) is 11.6 Å². The summed E-state index contributed by atoms with van der Waals surface area (Å²) in [7, 11) is 0. The maximum atomic E-state index is 13.9. The number of carboxylic acids is 1. The van der Waals surface area contributed by atoms with E-state index < -0.39 is 23.3 Å².